The number of hydrogen-bond donors (Lipinski definition) is 2. The Morgan fingerprint density at radius 2 is 1.58 bits per heavy atom. The van der Waals surface area contributed by atoms with Gasteiger partial charge in [0.2, 0.25) is 6.10 Å². The number of Topliss-reactive ketones (excluding diaryl/α,β-unsaturated/α-hetero) is 1. The zero-order valence-electron chi connectivity index (χ0n) is 19.5. The van der Waals surface area contributed by atoms with Gasteiger partial charge in [-0.2, -0.15) is 0 Å². The van der Waals surface area contributed by atoms with Gasteiger partial charge in [0.15, 0.2) is 5.78 Å². The van der Waals surface area contributed by atoms with Crippen LogP contribution in [0.1, 0.15) is 31.2 Å². The van der Waals surface area contributed by atoms with Crippen LogP contribution < -0.4 is 5.32 Å². The summed E-state index contributed by atoms with van der Waals surface area (Å²) in [7, 11) is 0. The number of hydrogen-bond acceptors (Lipinski definition) is 7. The number of benzene rings is 1. The van der Waals surface area contributed by atoms with E-state index >= 15 is 0 Å². The molecule has 3 aliphatic heterocycles. The fraction of sp³-hybridized carbons (Fsp3) is 0.680. The summed E-state index contributed by atoms with van der Waals surface area (Å²) in [6.45, 7) is 7.23. The molecule has 3 fully saturated rings. The quantitative estimate of drug-likeness (QED) is 0.535. The lowest BCUT2D eigenvalue weighted by molar-refractivity contribution is -0.162. The molecule has 33 heavy (non-hydrogen) atoms. The van der Waals surface area contributed by atoms with Crippen LogP contribution in [-0.2, 0) is 20.7 Å². The number of aliphatic carboxylic acids is 1. The third-order valence-corrected chi connectivity index (χ3v) is 7.22. The summed E-state index contributed by atoms with van der Waals surface area (Å²) < 4.78 is 5.69. The first-order valence-corrected chi connectivity index (χ1v) is 12.5. The second-order valence-corrected chi connectivity index (χ2v) is 9.59. The fourth-order valence-corrected chi connectivity index (χ4v) is 5.23. The summed E-state index contributed by atoms with van der Waals surface area (Å²) in [5, 5.41) is 17.7. The number of carbonyl (C=O) groups is 2. The van der Waals surface area contributed by atoms with E-state index in [2.05, 4.69) is 50.6 Å². The van der Waals surface area contributed by atoms with Crippen LogP contribution in [0.25, 0.3) is 0 Å². The number of ketones is 1. The Morgan fingerprint density at radius 3 is 2.21 bits per heavy atom. The molecule has 1 aromatic rings. The van der Waals surface area contributed by atoms with Crippen molar-refractivity contribution in [3.8, 4) is 0 Å². The van der Waals surface area contributed by atoms with Crippen LogP contribution in [0.4, 0.5) is 0 Å². The van der Waals surface area contributed by atoms with Gasteiger partial charge in [0.25, 0.3) is 0 Å². The van der Waals surface area contributed by atoms with Gasteiger partial charge < -0.3 is 15.2 Å². The molecule has 0 aromatic heterocycles. The first-order chi connectivity index (χ1) is 16.1. The predicted octanol–water partition coefficient (Wildman–Crippen LogP) is 1.26. The van der Waals surface area contributed by atoms with Crippen LogP contribution >= 0.6 is 0 Å². The normalized spacial score (nSPS) is 23.4. The second-order valence-electron chi connectivity index (χ2n) is 9.59. The number of nitrogens with one attached hydrogen (secondary N) is 1. The lowest BCUT2D eigenvalue weighted by atomic mass is 9.91. The molecule has 0 amide bonds. The summed E-state index contributed by atoms with van der Waals surface area (Å²) in [4.78, 5) is 26.4. The van der Waals surface area contributed by atoms with Crippen molar-refractivity contribution < 1.29 is 19.4 Å². The summed E-state index contributed by atoms with van der Waals surface area (Å²) in [6, 6.07) is 10.8. The zero-order chi connectivity index (χ0) is 23.0. The highest BCUT2D eigenvalue weighted by molar-refractivity contribution is 6.02. The number of hydrazine groups is 1. The van der Waals surface area contributed by atoms with E-state index in [1.807, 2.05) is 0 Å². The van der Waals surface area contributed by atoms with Gasteiger partial charge in [-0.15, -0.1) is 0 Å². The van der Waals surface area contributed by atoms with Gasteiger partial charge >= 0.3 is 5.97 Å². The molecule has 1 atom stereocenters. The molecule has 0 saturated carbocycles. The molecule has 4 rings (SSSR count). The van der Waals surface area contributed by atoms with Crippen molar-refractivity contribution in [2.24, 2.45) is 5.92 Å². The average molecular weight is 459 g/mol. The highest BCUT2D eigenvalue weighted by Gasteiger charge is 2.33. The minimum absolute atomic E-state index is 0.148. The predicted molar refractivity (Wildman–Crippen MR) is 126 cm³/mol. The molecule has 1 unspecified atom stereocenters. The van der Waals surface area contributed by atoms with Gasteiger partial charge in [-0.3, -0.25) is 9.69 Å². The first-order valence-electron chi connectivity index (χ1n) is 12.5. The van der Waals surface area contributed by atoms with E-state index in [0.29, 0.717) is 0 Å². The zero-order valence-corrected chi connectivity index (χ0v) is 19.5. The Morgan fingerprint density at radius 1 is 0.939 bits per heavy atom. The maximum Gasteiger partial charge on any atom is 0.340 e. The highest BCUT2D eigenvalue weighted by Crippen LogP contribution is 2.23. The molecule has 8 nitrogen and oxygen atoms in total. The minimum atomic E-state index is -1.35. The van der Waals surface area contributed by atoms with Crippen molar-refractivity contribution in [2.75, 3.05) is 58.9 Å². The number of piperazine rings is 1. The standard InChI is InChI=1S/C25H38N4O4/c30-23(24(25(31)32)33-22-6-10-26-11-7-22)19-27-14-16-29(17-15-27)28-12-8-21(9-13-28)18-20-4-2-1-3-5-20/h1-5,21-22,24,26H,6-19H2,(H,31,32). The maximum absolute atomic E-state index is 12.7. The number of piperidine rings is 2. The number of nitrogens with zero attached hydrogens (tertiary/aromatic N) is 3. The van der Waals surface area contributed by atoms with E-state index in [0.717, 1.165) is 77.5 Å². The summed E-state index contributed by atoms with van der Waals surface area (Å²) in [5.74, 6) is -0.762. The Hall–Kier alpha value is -1.84. The van der Waals surface area contributed by atoms with E-state index in [1.165, 1.54) is 18.4 Å². The SMILES string of the molecule is O=C(O)C(OC1CCNCC1)C(=O)CN1CCN(N2CCC(Cc3ccccc3)CC2)CC1. The Bertz CT molecular complexity index is 755. The molecule has 0 aliphatic carbocycles. The van der Waals surface area contributed by atoms with Crippen LogP contribution in [0, 0.1) is 5.92 Å². The summed E-state index contributed by atoms with van der Waals surface area (Å²) in [5.41, 5.74) is 1.43. The van der Waals surface area contributed by atoms with Crippen LogP contribution in [0.3, 0.4) is 0 Å². The number of ether oxygens (including phenoxy) is 1. The number of carboxylic acids is 1. The molecule has 3 heterocycles. The third kappa shape index (κ3) is 7.07. The van der Waals surface area contributed by atoms with Gasteiger partial charge in [0.05, 0.1) is 12.6 Å². The van der Waals surface area contributed by atoms with Crippen LogP contribution in [0.2, 0.25) is 0 Å². The largest absolute Gasteiger partial charge is 0.479 e. The van der Waals surface area contributed by atoms with E-state index in [4.69, 9.17) is 4.74 Å². The molecule has 0 bridgehead atoms. The van der Waals surface area contributed by atoms with Gasteiger partial charge in [-0.1, -0.05) is 30.3 Å². The molecule has 182 valence electrons. The molecule has 2 N–H and O–H groups in total. The van der Waals surface area contributed by atoms with Gasteiger partial charge in [-0.25, -0.2) is 14.8 Å². The van der Waals surface area contributed by atoms with Gasteiger partial charge in [0.1, 0.15) is 0 Å². The molecule has 3 saturated heterocycles. The number of rotatable bonds is 9. The Kier molecular flexibility index (Phi) is 8.86. The lowest BCUT2D eigenvalue weighted by Crippen LogP contribution is -2.57. The van der Waals surface area contributed by atoms with E-state index in [1.54, 1.807) is 0 Å². The lowest BCUT2D eigenvalue weighted by Gasteiger charge is -2.44. The van der Waals surface area contributed by atoms with Crippen molar-refractivity contribution in [1.82, 2.24) is 20.2 Å². The first kappa shape index (κ1) is 24.3. The Labute approximate surface area is 196 Å². The smallest absolute Gasteiger partial charge is 0.340 e. The average Bonchev–Trinajstić information content (AvgIpc) is 2.84. The van der Waals surface area contributed by atoms with E-state index in [-0.39, 0.29) is 18.4 Å². The van der Waals surface area contributed by atoms with Gasteiger partial charge in [0, 0.05) is 39.3 Å². The molecule has 8 heteroatoms. The minimum Gasteiger partial charge on any atom is -0.479 e. The molecule has 1 aromatic carbocycles. The van der Waals surface area contributed by atoms with Crippen molar-refractivity contribution >= 4 is 11.8 Å². The fourth-order valence-electron chi connectivity index (χ4n) is 5.23. The monoisotopic (exact) mass is 458 g/mol. The molecular weight excluding hydrogens is 420 g/mol. The van der Waals surface area contributed by atoms with Gasteiger partial charge in [-0.05, 0) is 56.7 Å². The Balaban J connectivity index is 1.18. The molecular formula is C25H38N4O4. The van der Waals surface area contributed by atoms with Crippen LogP contribution in [-0.4, -0.2) is 103 Å². The van der Waals surface area contributed by atoms with Crippen molar-refractivity contribution in [3.05, 3.63) is 35.9 Å². The highest BCUT2D eigenvalue weighted by atomic mass is 16.5. The second kappa shape index (κ2) is 12.0. The topological polar surface area (TPSA) is 85.3 Å². The number of carboxylic acid groups (broad SMARTS) is 1. The van der Waals surface area contributed by atoms with E-state index in [9.17, 15) is 14.7 Å². The van der Waals surface area contributed by atoms with Crippen molar-refractivity contribution in [2.45, 2.75) is 44.3 Å². The van der Waals surface area contributed by atoms with Crippen molar-refractivity contribution in [3.63, 3.8) is 0 Å². The molecule has 0 spiro atoms. The molecule has 3 aliphatic rings. The molecule has 0 radical (unpaired) electrons. The summed E-state index contributed by atoms with van der Waals surface area (Å²) in [6.07, 6.45) is 3.57. The number of carbonyl (C=O) groups excluding carboxylic acids is 1. The van der Waals surface area contributed by atoms with E-state index < -0.39 is 12.1 Å². The van der Waals surface area contributed by atoms with Crippen LogP contribution in [0.5, 0.6) is 0 Å². The van der Waals surface area contributed by atoms with Crippen LogP contribution in [0.15, 0.2) is 30.3 Å². The van der Waals surface area contributed by atoms with Crippen molar-refractivity contribution in [1.29, 1.82) is 0 Å². The maximum atomic E-state index is 12.7. The third-order valence-electron chi connectivity index (χ3n) is 7.22. The summed E-state index contributed by atoms with van der Waals surface area (Å²) >= 11 is 0.